The first-order valence-corrected chi connectivity index (χ1v) is 10.2. The standard InChI is InChI=1S/C18H21F3N2O3S/c19-18(20,21)15(8-10-27(23,26)11-9-16(22)17(24)25)14-7-3-5-12-4-1-2-6-13(12)14/h1-7,15-16,23H,8-11,22H2,(H,24,25)/t15?,16-,27?/m0/s1. The smallest absolute Gasteiger partial charge is 0.395 e. The molecule has 0 aliphatic carbocycles. The van der Waals surface area contributed by atoms with Gasteiger partial charge in [-0.15, -0.1) is 0 Å². The van der Waals surface area contributed by atoms with Gasteiger partial charge in [0.2, 0.25) is 0 Å². The number of nitrogens with two attached hydrogens (primary N) is 1. The zero-order valence-electron chi connectivity index (χ0n) is 14.4. The van der Waals surface area contributed by atoms with Crippen molar-refractivity contribution in [2.75, 3.05) is 11.5 Å². The van der Waals surface area contributed by atoms with Crippen LogP contribution in [0.5, 0.6) is 0 Å². The molecule has 27 heavy (non-hydrogen) atoms. The highest BCUT2D eigenvalue weighted by Crippen LogP contribution is 2.40. The van der Waals surface area contributed by atoms with Crippen molar-refractivity contribution in [1.29, 1.82) is 4.78 Å². The number of carboxylic acids is 1. The molecule has 4 N–H and O–H groups in total. The molecule has 0 heterocycles. The molecule has 0 saturated carbocycles. The van der Waals surface area contributed by atoms with Crippen LogP contribution >= 0.6 is 0 Å². The summed E-state index contributed by atoms with van der Waals surface area (Å²) in [5.74, 6) is -3.98. The van der Waals surface area contributed by atoms with Crippen molar-refractivity contribution in [3.8, 4) is 0 Å². The minimum Gasteiger partial charge on any atom is -0.480 e. The zero-order valence-corrected chi connectivity index (χ0v) is 15.2. The number of carboxylic acid groups (broad SMARTS) is 1. The average molecular weight is 402 g/mol. The van der Waals surface area contributed by atoms with Gasteiger partial charge in [-0.25, -0.2) is 4.21 Å². The lowest BCUT2D eigenvalue weighted by Gasteiger charge is -2.23. The SMILES string of the molecule is N=S(=O)(CCC(c1cccc2ccccc12)C(F)(F)F)CC[C@H](N)C(=O)O. The van der Waals surface area contributed by atoms with Crippen molar-refractivity contribution in [3.63, 3.8) is 0 Å². The van der Waals surface area contributed by atoms with Gasteiger partial charge in [0.25, 0.3) is 0 Å². The van der Waals surface area contributed by atoms with Crippen LogP contribution in [0.25, 0.3) is 10.8 Å². The first kappa shape index (κ1) is 21.2. The van der Waals surface area contributed by atoms with E-state index in [4.69, 9.17) is 15.6 Å². The van der Waals surface area contributed by atoms with Crippen LogP contribution in [0, 0.1) is 4.78 Å². The van der Waals surface area contributed by atoms with Crippen molar-refractivity contribution >= 4 is 26.5 Å². The molecule has 9 heteroatoms. The number of carbonyl (C=O) groups is 1. The summed E-state index contributed by atoms with van der Waals surface area (Å²) in [6.45, 7) is 0. The molecule has 0 aromatic heterocycles. The number of fused-ring (bicyclic) bond motifs is 1. The van der Waals surface area contributed by atoms with Crippen LogP contribution in [0.2, 0.25) is 0 Å². The second-order valence-electron chi connectivity index (χ2n) is 6.40. The summed E-state index contributed by atoms with van der Waals surface area (Å²) in [7, 11) is -3.37. The molecule has 0 spiro atoms. The van der Waals surface area contributed by atoms with E-state index in [2.05, 4.69) is 0 Å². The van der Waals surface area contributed by atoms with Crippen molar-refractivity contribution < 1.29 is 27.3 Å². The maximum Gasteiger partial charge on any atom is 0.395 e. The van der Waals surface area contributed by atoms with Crippen molar-refractivity contribution in [2.45, 2.75) is 31.0 Å². The van der Waals surface area contributed by atoms with Crippen LogP contribution in [0.4, 0.5) is 13.2 Å². The van der Waals surface area contributed by atoms with E-state index < -0.39 is 46.0 Å². The maximum absolute atomic E-state index is 13.7. The number of hydrogen-bond donors (Lipinski definition) is 3. The summed E-state index contributed by atoms with van der Waals surface area (Å²) in [6.07, 6.45) is -5.29. The third-order valence-electron chi connectivity index (χ3n) is 4.41. The third kappa shape index (κ3) is 5.67. The first-order chi connectivity index (χ1) is 12.5. The van der Waals surface area contributed by atoms with E-state index in [0.29, 0.717) is 10.8 Å². The van der Waals surface area contributed by atoms with Gasteiger partial charge in [-0.05, 0) is 29.2 Å². The molecule has 2 unspecified atom stereocenters. The number of alkyl halides is 3. The number of hydrogen-bond acceptors (Lipinski definition) is 4. The van der Waals surface area contributed by atoms with Crippen molar-refractivity contribution in [3.05, 3.63) is 48.0 Å². The average Bonchev–Trinajstić information content (AvgIpc) is 2.58. The molecule has 2 aromatic rings. The predicted molar refractivity (Wildman–Crippen MR) is 98.2 cm³/mol. The second kappa shape index (κ2) is 8.26. The predicted octanol–water partition coefficient (Wildman–Crippen LogP) is 3.72. The number of benzene rings is 2. The van der Waals surface area contributed by atoms with Gasteiger partial charge in [-0.3, -0.25) is 9.57 Å². The van der Waals surface area contributed by atoms with E-state index in [0.717, 1.165) is 0 Å². The van der Waals surface area contributed by atoms with Gasteiger partial charge in [0.05, 0.1) is 5.92 Å². The van der Waals surface area contributed by atoms with Crippen LogP contribution in [-0.2, 0) is 14.5 Å². The Kier molecular flexibility index (Phi) is 6.48. The van der Waals surface area contributed by atoms with Crippen LogP contribution < -0.4 is 5.73 Å². The molecule has 2 rings (SSSR count). The molecular formula is C18H21F3N2O3S. The van der Waals surface area contributed by atoms with Gasteiger partial charge < -0.3 is 10.8 Å². The lowest BCUT2D eigenvalue weighted by Crippen LogP contribution is -2.32. The molecule has 0 aliphatic heterocycles. The summed E-state index contributed by atoms with van der Waals surface area (Å²) in [5, 5.41) is 9.86. The van der Waals surface area contributed by atoms with Crippen molar-refractivity contribution in [1.82, 2.24) is 0 Å². The molecule has 0 aliphatic rings. The van der Waals surface area contributed by atoms with E-state index in [9.17, 15) is 22.2 Å². The quantitative estimate of drug-likeness (QED) is 0.626. The molecule has 0 fully saturated rings. The lowest BCUT2D eigenvalue weighted by atomic mass is 9.91. The number of halogens is 3. The Morgan fingerprint density at radius 1 is 1.11 bits per heavy atom. The molecule has 0 amide bonds. The fourth-order valence-corrected chi connectivity index (χ4v) is 4.36. The molecule has 2 aromatic carbocycles. The fourth-order valence-electron chi connectivity index (χ4n) is 2.90. The Bertz CT molecular complexity index is 908. The first-order valence-electron chi connectivity index (χ1n) is 8.28. The van der Waals surface area contributed by atoms with Crippen LogP contribution in [0.1, 0.15) is 24.3 Å². The molecule has 0 bridgehead atoms. The normalized spacial score (nSPS) is 16.6. The van der Waals surface area contributed by atoms with Gasteiger partial charge in [-0.1, -0.05) is 42.5 Å². The minimum atomic E-state index is -4.56. The number of rotatable bonds is 8. The van der Waals surface area contributed by atoms with Gasteiger partial charge in [-0.2, -0.15) is 13.2 Å². The van der Waals surface area contributed by atoms with Gasteiger partial charge >= 0.3 is 12.1 Å². The summed E-state index contributed by atoms with van der Waals surface area (Å²) < 4.78 is 61.1. The summed E-state index contributed by atoms with van der Waals surface area (Å²) in [6, 6.07) is 10.1. The Hall–Kier alpha value is -2.13. The highest BCUT2D eigenvalue weighted by Gasteiger charge is 2.41. The van der Waals surface area contributed by atoms with E-state index in [1.165, 1.54) is 6.07 Å². The van der Waals surface area contributed by atoms with Crippen LogP contribution in [-0.4, -0.2) is 39.0 Å². The van der Waals surface area contributed by atoms with E-state index in [-0.39, 0.29) is 17.7 Å². The monoisotopic (exact) mass is 402 g/mol. The Labute approximate surface area is 155 Å². The second-order valence-corrected chi connectivity index (χ2v) is 8.84. The van der Waals surface area contributed by atoms with Crippen LogP contribution in [0.3, 0.4) is 0 Å². The fraction of sp³-hybridized carbons (Fsp3) is 0.389. The largest absolute Gasteiger partial charge is 0.480 e. The molecule has 3 atom stereocenters. The van der Waals surface area contributed by atoms with Crippen LogP contribution in [0.15, 0.2) is 42.5 Å². The Morgan fingerprint density at radius 2 is 1.70 bits per heavy atom. The third-order valence-corrected chi connectivity index (χ3v) is 6.20. The van der Waals surface area contributed by atoms with Gasteiger partial charge in [0.15, 0.2) is 0 Å². The number of aliphatic carboxylic acids is 1. The zero-order chi connectivity index (χ0) is 20.2. The maximum atomic E-state index is 13.7. The Balaban J connectivity index is 2.22. The van der Waals surface area contributed by atoms with Gasteiger partial charge in [0.1, 0.15) is 6.04 Å². The minimum absolute atomic E-state index is 0.0815. The molecule has 0 saturated heterocycles. The van der Waals surface area contributed by atoms with E-state index >= 15 is 0 Å². The summed E-state index contributed by atoms with van der Waals surface area (Å²) in [4.78, 5) is 10.7. The van der Waals surface area contributed by atoms with Crippen molar-refractivity contribution in [2.24, 2.45) is 5.73 Å². The summed E-state index contributed by atoms with van der Waals surface area (Å²) >= 11 is 0. The van der Waals surface area contributed by atoms with Gasteiger partial charge in [0, 0.05) is 21.2 Å². The highest BCUT2D eigenvalue weighted by molar-refractivity contribution is 7.92. The van der Waals surface area contributed by atoms with E-state index in [1.807, 2.05) is 0 Å². The lowest BCUT2D eigenvalue weighted by molar-refractivity contribution is -0.150. The molecule has 148 valence electrons. The molecule has 0 radical (unpaired) electrons. The number of nitrogens with one attached hydrogen (secondary N) is 1. The highest BCUT2D eigenvalue weighted by atomic mass is 32.2. The molecule has 5 nitrogen and oxygen atoms in total. The molecular weight excluding hydrogens is 381 g/mol. The Morgan fingerprint density at radius 3 is 2.33 bits per heavy atom. The van der Waals surface area contributed by atoms with E-state index in [1.54, 1.807) is 36.4 Å². The summed E-state index contributed by atoms with van der Waals surface area (Å²) in [5.41, 5.74) is 5.40. The topological polar surface area (TPSA) is 104 Å².